The molecule has 0 aliphatic heterocycles. The fraction of sp³-hybridized carbons (Fsp3) is 0.136. The number of anilines is 1. The summed E-state index contributed by atoms with van der Waals surface area (Å²) >= 11 is 7.08. The molecule has 0 aliphatic carbocycles. The van der Waals surface area contributed by atoms with E-state index in [0.717, 1.165) is 34.3 Å². The van der Waals surface area contributed by atoms with E-state index >= 15 is 0 Å². The standard InChI is InChI=1S/C22H15ClF2N6O2S/c1-28-19-11(8-27)9-29-10-17(19)31-21(32)20-16(30(22(31)33)4-2-3-26)7-18(34-20)12-5-14(24)15(25)6-13(12)23/h5-10,27H,2,4H2,1H3,(H,28,29). The van der Waals surface area contributed by atoms with E-state index in [-0.39, 0.29) is 39.5 Å². The van der Waals surface area contributed by atoms with Gasteiger partial charge in [0, 0.05) is 42.0 Å². The minimum absolute atomic E-state index is 0.0119. The fourth-order valence-electron chi connectivity index (χ4n) is 3.60. The zero-order valence-corrected chi connectivity index (χ0v) is 19.1. The lowest BCUT2D eigenvalue weighted by Crippen LogP contribution is -2.39. The molecule has 0 fully saturated rings. The van der Waals surface area contributed by atoms with Crippen LogP contribution in [-0.2, 0) is 6.54 Å². The third-order valence-corrected chi connectivity index (χ3v) is 6.61. The number of nitrogens with zero attached hydrogens (tertiary/aromatic N) is 4. The highest BCUT2D eigenvalue weighted by molar-refractivity contribution is 7.22. The Balaban J connectivity index is 2.09. The minimum Gasteiger partial charge on any atom is -0.386 e. The molecule has 0 amide bonds. The van der Waals surface area contributed by atoms with Gasteiger partial charge in [-0.25, -0.2) is 18.1 Å². The molecular formula is C22H15ClF2N6O2S. The molecular weight excluding hydrogens is 486 g/mol. The van der Waals surface area contributed by atoms with Gasteiger partial charge < -0.3 is 10.7 Å². The van der Waals surface area contributed by atoms with Crippen LogP contribution >= 0.6 is 22.9 Å². The number of aryl methyl sites for hydroxylation is 1. The second-order valence-electron chi connectivity index (χ2n) is 7.07. The minimum atomic E-state index is -1.11. The SMILES string of the molecule is CNc1c(C=N)cncc1-n1c(=O)c2sc(-c3cc(F)c(F)cc3Cl)cc2n(CCC#N)c1=O. The molecule has 3 heterocycles. The van der Waals surface area contributed by atoms with Crippen LogP contribution in [0.2, 0.25) is 5.02 Å². The molecule has 34 heavy (non-hydrogen) atoms. The quantitative estimate of drug-likeness (QED) is 0.304. The van der Waals surface area contributed by atoms with Crippen molar-refractivity contribution in [2.75, 3.05) is 12.4 Å². The number of hydrogen-bond donors (Lipinski definition) is 2. The van der Waals surface area contributed by atoms with Crippen LogP contribution in [0.1, 0.15) is 12.0 Å². The smallest absolute Gasteiger partial charge is 0.336 e. The van der Waals surface area contributed by atoms with Gasteiger partial charge in [0.15, 0.2) is 11.6 Å². The Morgan fingerprint density at radius 2 is 2.00 bits per heavy atom. The monoisotopic (exact) mass is 500 g/mol. The van der Waals surface area contributed by atoms with Crippen LogP contribution in [0, 0.1) is 28.4 Å². The molecule has 3 aromatic heterocycles. The molecule has 0 bridgehead atoms. The summed E-state index contributed by atoms with van der Waals surface area (Å²) in [5, 5.41) is 19.5. The first-order chi connectivity index (χ1) is 16.3. The second kappa shape index (κ2) is 9.17. The van der Waals surface area contributed by atoms with Crippen molar-refractivity contribution in [1.29, 1.82) is 10.7 Å². The molecule has 0 saturated carbocycles. The van der Waals surface area contributed by atoms with Crippen molar-refractivity contribution in [3.8, 4) is 22.2 Å². The first-order valence-electron chi connectivity index (χ1n) is 9.80. The predicted octanol–water partition coefficient (Wildman–Crippen LogP) is 4.16. The molecule has 4 rings (SSSR count). The van der Waals surface area contributed by atoms with Crippen LogP contribution in [0.5, 0.6) is 0 Å². The molecule has 0 radical (unpaired) electrons. The lowest BCUT2D eigenvalue weighted by molar-refractivity contribution is 0.509. The van der Waals surface area contributed by atoms with E-state index in [1.54, 1.807) is 7.05 Å². The summed E-state index contributed by atoms with van der Waals surface area (Å²) in [6.45, 7) is -0.0135. The number of nitrogens with one attached hydrogen (secondary N) is 2. The molecule has 0 atom stereocenters. The molecule has 0 saturated heterocycles. The first-order valence-corrected chi connectivity index (χ1v) is 11.0. The molecule has 2 N–H and O–H groups in total. The number of thiophene rings is 1. The maximum atomic E-state index is 13.9. The Hall–Kier alpha value is -3.88. The van der Waals surface area contributed by atoms with Gasteiger partial charge in [-0.15, -0.1) is 11.3 Å². The number of hydrogen-bond acceptors (Lipinski definition) is 7. The van der Waals surface area contributed by atoms with E-state index in [4.69, 9.17) is 22.3 Å². The van der Waals surface area contributed by atoms with Gasteiger partial charge in [0.05, 0.1) is 40.6 Å². The summed E-state index contributed by atoms with van der Waals surface area (Å²) in [4.78, 5) is 31.4. The highest BCUT2D eigenvalue weighted by Gasteiger charge is 2.22. The molecule has 0 unspecified atom stereocenters. The number of halogens is 3. The van der Waals surface area contributed by atoms with Gasteiger partial charge in [-0.3, -0.25) is 14.3 Å². The molecule has 0 spiro atoms. The van der Waals surface area contributed by atoms with E-state index in [1.807, 2.05) is 6.07 Å². The van der Waals surface area contributed by atoms with Gasteiger partial charge in [0.2, 0.25) is 0 Å². The first kappa shape index (κ1) is 23.3. The van der Waals surface area contributed by atoms with E-state index in [1.165, 1.54) is 23.0 Å². The normalized spacial score (nSPS) is 10.9. The van der Waals surface area contributed by atoms with Gasteiger partial charge >= 0.3 is 5.69 Å². The third kappa shape index (κ3) is 3.76. The highest BCUT2D eigenvalue weighted by Crippen LogP contribution is 2.37. The third-order valence-electron chi connectivity index (χ3n) is 5.15. The van der Waals surface area contributed by atoms with Crippen molar-refractivity contribution in [3.63, 3.8) is 0 Å². The Morgan fingerprint density at radius 3 is 2.68 bits per heavy atom. The molecule has 0 aliphatic rings. The van der Waals surface area contributed by atoms with E-state index in [9.17, 15) is 18.4 Å². The zero-order valence-electron chi connectivity index (χ0n) is 17.5. The molecule has 12 heteroatoms. The average molecular weight is 501 g/mol. The van der Waals surface area contributed by atoms with Gasteiger partial charge in [0.25, 0.3) is 5.56 Å². The summed E-state index contributed by atoms with van der Waals surface area (Å²) in [6.07, 6.45) is 3.76. The molecule has 172 valence electrons. The topological polar surface area (TPSA) is 117 Å². The van der Waals surface area contributed by atoms with E-state index in [2.05, 4.69) is 10.3 Å². The molecule has 1 aromatic carbocycles. The van der Waals surface area contributed by atoms with Gasteiger partial charge in [-0.1, -0.05) is 11.6 Å². The molecule has 4 aromatic rings. The fourth-order valence-corrected chi connectivity index (χ4v) is 5.03. The largest absolute Gasteiger partial charge is 0.386 e. The van der Waals surface area contributed by atoms with E-state index < -0.39 is 22.9 Å². The average Bonchev–Trinajstić information content (AvgIpc) is 3.26. The van der Waals surface area contributed by atoms with Crippen molar-refractivity contribution in [1.82, 2.24) is 14.1 Å². The Kier molecular flexibility index (Phi) is 6.28. The number of aromatic nitrogens is 3. The van der Waals surface area contributed by atoms with Gasteiger partial charge in [0.1, 0.15) is 4.70 Å². The van der Waals surface area contributed by atoms with Crippen LogP contribution in [-0.4, -0.2) is 27.4 Å². The van der Waals surface area contributed by atoms with E-state index in [0.29, 0.717) is 16.1 Å². The van der Waals surface area contributed by atoms with Crippen molar-refractivity contribution >= 4 is 45.1 Å². The predicted molar refractivity (Wildman–Crippen MR) is 128 cm³/mol. The number of rotatable bonds is 6. The maximum Gasteiger partial charge on any atom is 0.336 e. The number of nitriles is 1. The van der Waals surface area contributed by atoms with Crippen LogP contribution in [0.3, 0.4) is 0 Å². The number of pyridine rings is 1. The Labute approximate surface area is 199 Å². The summed E-state index contributed by atoms with van der Waals surface area (Å²) in [5.74, 6) is -2.22. The Bertz CT molecular complexity index is 1620. The van der Waals surface area contributed by atoms with Crippen molar-refractivity contribution < 1.29 is 8.78 Å². The Morgan fingerprint density at radius 1 is 1.26 bits per heavy atom. The zero-order chi connectivity index (χ0) is 24.6. The van der Waals surface area contributed by atoms with Crippen molar-refractivity contribution in [2.24, 2.45) is 0 Å². The van der Waals surface area contributed by atoms with Crippen LogP contribution in [0.15, 0.2) is 40.2 Å². The maximum absolute atomic E-state index is 13.9. The summed E-state index contributed by atoms with van der Waals surface area (Å²) < 4.78 is 29.8. The number of benzene rings is 1. The van der Waals surface area contributed by atoms with Crippen LogP contribution < -0.4 is 16.6 Å². The van der Waals surface area contributed by atoms with Crippen molar-refractivity contribution in [3.05, 3.63) is 73.7 Å². The summed E-state index contributed by atoms with van der Waals surface area (Å²) in [6, 6.07) is 5.23. The summed E-state index contributed by atoms with van der Waals surface area (Å²) in [7, 11) is 1.58. The second-order valence-corrected chi connectivity index (χ2v) is 8.53. The molecule has 8 nitrogen and oxygen atoms in total. The van der Waals surface area contributed by atoms with Crippen LogP contribution in [0.25, 0.3) is 26.3 Å². The lowest BCUT2D eigenvalue weighted by atomic mass is 10.1. The van der Waals surface area contributed by atoms with Crippen LogP contribution in [0.4, 0.5) is 14.5 Å². The van der Waals surface area contributed by atoms with Gasteiger partial charge in [-0.05, 0) is 18.2 Å². The highest BCUT2D eigenvalue weighted by atomic mass is 35.5. The lowest BCUT2D eigenvalue weighted by Gasteiger charge is -2.15. The summed E-state index contributed by atoms with van der Waals surface area (Å²) in [5.41, 5.74) is -0.143. The number of fused-ring (bicyclic) bond motifs is 1. The van der Waals surface area contributed by atoms with Crippen molar-refractivity contribution in [2.45, 2.75) is 13.0 Å². The van der Waals surface area contributed by atoms with Gasteiger partial charge in [-0.2, -0.15) is 5.26 Å².